The first-order chi connectivity index (χ1) is 78.3. The number of furan rings is 2. The molecule has 0 saturated heterocycles. The molecule has 0 bridgehead atoms. The lowest BCUT2D eigenvalue weighted by molar-refractivity contribution is 0.669. The Morgan fingerprint density at radius 1 is 0.226 bits per heavy atom. The first-order valence-corrected chi connectivity index (χ1v) is 49.3. The molecule has 2 aliphatic heterocycles. The van der Waals surface area contributed by atoms with Crippen LogP contribution in [0.4, 0.5) is 34.1 Å². The molecule has 3 aliphatic rings. The number of hydrogen-bond acceptors (Lipinski definition) is 4. The molecular weight excluding hydrogens is 1770 g/mol. The third-order valence-electron chi connectivity index (χ3n) is 30.2. The average molecular weight is 1870 g/mol. The van der Waals surface area contributed by atoms with E-state index in [0.29, 0.717) is 89.9 Å². The van der Waals surface area contributed by atoms with Crippen molar-refractivity contribution in [3.05, 3.63) is 550 Å². The highest BCUT2D eigenvalue weighted by Gasteiger charge is 2.49. The molecule has 30 rings (SSSR count). The van der Waals surface area contributed by atoms with E-state index in [0.717, 1.165) is 138 Å². The lowest BCUT2D eigenvalue weighted by atomic mass is 9.33. The molecule has 7 heteroatoms. The van der Waals surface area contributed by atoms with Crippen LogP contribution in [0.15, 0.2) is 536 Å². The van der Waals surface area contributed by atoms with Crippen LogP contribution in [0.1, 0.15) is 41.4 Å². The van der Waals surface area contributed by atoms with Crippen LogP contribution in [-0.4, -0.2) is 15.8 Å². The van der Waals surface area contributed by atoms with Crippen molar-refractivity contribution in [2.75, 3.05) is 9.80 Å². The summed E-state index contributed by atoms with van der Waals surface area (Å²) in [4.78, 5) is 4.74. The second-order valence-corrected chi connectivity index (χ2v) is 38.0. The highest BCUT2D eigenvalue weighted by Crippen LogP contribution is 2.61. The number of rotatable bonds is 15. The van der Waals surface area contributed by atoms with E-state index in [2.05, 4.69) is 210 Å². The van der Waals surface area contributed by atoms with E-state index in [1.54, 1.807) is 9.13 Å². The Bertz CT molecular complexity index is 10400. The monoisotopic (exact) mass is 1870 g/mol. The number of hydrogen-bond donors (Lipinski definition) is 0. The van der Waals surface area contributed by atoms with Crippen molar-refractivity contribution in [3.8, 4) is 123 Å². The summed E-state index contributed by atoms with van der Waals surface area (Å²) >= 11 is 0. The molecule has 27 aromatic rings. The van der Waals surface area contributed by atoms with Crippen LogP contribution in [0.25, 0.3) is 210 Å². The van der Waals surface area contributed by atoms with Crippen molar-refractivity contribution in [2.24, 2.45) is 0 Å². The van der Waals surface area contributed by atoms with Gasteiger partial charge in [-0.2, -0.15) is 0 Å². The predicted molar refractivity (Wildman–Crippen MR) is 610 cm³/mol. The second-order valence-electron chi connectivity index (χ2n) is 38.0. The van der Waals surface area contributed by atoms with Gasteiger partial charge in [-0.3, -0.25) is 0 Å². The molecule has 0 saturated carbocycles. The van der Waals surface area contributed by atoms with Gasteiger partial charge in [-0.1, -0.05) is 412 Å². The van der Waals surface area contributed by atoms with Crippen LogP contribution < -0.4 is 26.2 Å². The lowest BCUT2D eigenvalue weighted by Gasteiger charge is -2.45. The quantitative estimate of drug-likeness (QED) is 0.0960. The van der Waals surface area contributed by atoms with Crippen LogP contribution >= 0.6 is 0 Å². The minimum absolute atomic E-state index is 0.000440. The Labute approximate surface area is 864 Å². The molecule has 0 unspecified atom stereocenters. The number of anilines is 6. The topological polar surface area (TPSA) is 42.6 Å². The van der Waals surface area contributed by atoms with Crippen LogP contribution in [0.2, 0.25) is 0 Å². The minimum atomic E-state index is -0.920. The van der Waals surface area contributed by atoms with Crippen LogP contribution in [-0.2, 0) is 5.41 Å². The van der Waals surface area contributed by atoms with Gasteiger partial charge in [0, 0.05) is 88.7 Å². The molecule has 146 heavy (non-hydrogen) atoms. The Morgan fingerprint density at radius 2 is 0.589 bits per heavy atom. The van der Waals surface area contributed by atoms with Gasteiger partial charge in [-0.15, -0.1) is 0 Å². The summed E-state index contributed by atoms with van der Waals surface area (Å²) in [5.41, 5.74) is 26.8. The zero-order chi connectivity index (χ0) is 108. The smallest absolute Gasteiger partial charge is 0.252 e. The van der Waals surface area contributed by atoms with E-state index in [4.69, 9.17) is 8.83 Å². The molecular formula is C139H87BN4O2. The highest BCUT2D eigenvalue weighted by molar-refractivity contribution is 7.00. The van der Waals surface area contributed by atoms with E-state index in [1.165, 1.54) is 0 Å². The summed E-state index contributed by atoms with van der Waals surface area (Å²) in [6, 6.07) is 145. The first-order valence-electron chi connectivity index (χ1n) is 56.3. The van der Waals surface area contributed by atoms with E-state index >= 15 is 0 Å². The fourth-order valence-electron chi connectivity index (χ4n) is 23.9. The molecule has 0 radical (unpaired) electrons. The van der Waals surface area contributed by atoms with E-state index in [-0.39, 0.29) is 91.0 Å². The predicted octanol–water partition coefficient (Wildman–Crippen LogP) is 35.1. The van der Waals surface area contributed by atoms with Gasteiger partial charge in [0.05, 0.1) is 68.8 Å². The fourth-order valence-corrected chi connectivity index (χ4v) is 23.9. The zero-order valence-electron chi connectivity index (χ0n) is 92.3. The molecule has 0 amide bonds. The van der Waals surface area contributed by atoms with Gasteiger partial charge in [0.1, 0.15) is 22.3 Å². The van der Waals surface area contributed by atoms with Crippen molar-refractivity contribution in [2.45, 2.75) is 5.41 Å². The van der Waals surface area contributed by atoms with Crippen LogP contribution in [0, 0.1) is 0 Å². The fraction of sp³-hybridized carbons (Fsp3) is 0.00719. The number of nitrogens with zero attached hydrogens (tertiary/aromatic N) is 4. The maximum atomic E-state index is 10.9. The molecule has 6 heterocycles. The molecule has 1 aliphatic carbocycles. The number of benzene rings is 23. The van der Waals surface area contributed by atoms with Gasteiger partial charge in [0.25, 0.3) is 6.71 Å². The second kappa shape index (κ2) is 33.0. The SMILES string of the molecule is [2H]c1c([2H])c([2H])c2c(c1[2H])c1c([2H])c(-c3cccc(-c4ccccc4)c3)c([2H])c([2H])c1n2-c1ccc2c(c1)N(c1c(-c3ccccc3)cc(-c3ccccc3)c3oc4ccccc4c13)c1cc(-c3ccc4c(c3)-c3ccccc3C4(c3ccccc3)c3ccccc3)cc3c1B2c1ccc(-n2c4c([2H])c([2H])c([2H])c([2H])c4c4c([2H])c(-c5cccc(-c6ccccc6)c5)c([2H])c([2H])c42)cc1N3c1c(-c2ccccc2)cc(-c2ccccc2)c2oc3ccccc3c12. The maximum absolute atomic E-state index is 10.9. The normalized spacial score (nSPS) is 14.2. The zero-order valence-corrected chi connectivity index (χ0v) is 78.3. The summed E-state index contributed by atoms with van der Waals surface area (Å²) < 4.78 is 164. The standard InChI is InChI=1S/C139H87BN4O2/c1-9-37-88(38-10-1)94-49-35-51-96(77-94)98-68-75-124-116(80-98)107-58-26-31-63-122(107)141(124)104-70-73-120-126(84-104)143(135-111(90-41-13-3-14-42-90)86-113(92-45-17-5-18-46-92)137-132(135)109-60-28-33-65-130(109)145-137)128-82-101(100-67-72-119-115(79-100)106-57-25-30-62-118(106)139(119,102-53-21-7-22-54-102)103-55-23-8-24-56-103)83-129-134(128)140(120)121-74-71-105(142-123-64-32-27-59-108(123)117-81-99(69-76-125(117)142)97-52-36-50-95(78-97)89-39-11-2-12-40-89)85-127(121)144(129)136-112(91-43-15-4-16-44-91)87-114(93-47-19-6-20-48-93)138-133(136)110-61-29-34-66-131(110)146-138/h1-87H/i26D,27D,31D,32D,58D,59D,63D,64D,68D,69D,75D,76D,80D,81D. The first kappa shape index (κ1) is 69.7. The minimum Gasteiger partial charge on any atom is -0.455 e. The number of aromatic nitrogens is 2. The largest absolute Gasteiger partial charge is 0.455 e. The molecule has 6 nitrogen and oxygen atoms in total. The lowest BCUT2D eigenvalue weighted by Crippen LogP contribution is -2.61. The molecule has 4 aromatic heterocycles. The van der Waals surface area contributed by atoms with Gasteiger partial charge >= 0.3 is 0 Å². The van der Waals surface area contributed by atoms with Crippen LogP contribution in [0.3, 0.4) is 0 Å². The van der Waals surface area contributed by atoms with Crippen molar-refractivity contribution in [1.82, 2.24) is 9.13 Å². The number of fused-ring (bicyclic) bond motifs is 19. The summed E-state index contributed by atoms with van der Waals surface area (Å²) in [6.45, 7) is -0.920. The molecule has 0 spiro atoms. The molecule has 678 valence electrons. The van der Waals surface area contributed by atoms with E-state index in [1.807, 2.05) is 243 Å². The van der Waals surface area contributed by atoms with Gasteiger partial charge in [-0.25, -0.2) is 0 Å². The van der Waals surface area contributed by atoms with Crippen molar-refractivity contribution >= 4 is 145 Å². The highest BCUT2D eigenvalue weighted by atomic mass is 16.3. The Kier molecular flexibility index (Phi) is 15.8. The molecule has 0 atom stereocenters. The Hall–Kier alpha value is -19.1. The van der Waals surface area contributed by atoms with Gasteiger partial charge in [0.2, 0.25) is 0 Å². The van der Waals surface area contributed by atoms with Crippen molar-refractivity contribution in [3.63, 3.8) is 0 Å². The molecule has 0 N–H and O–H groups in total. The van der Waals surface area contributed by atoms with Crippen LogP contribution in [0.5, 0.6) is 0 Å². The third-order valence-corrected chi connectivity index (χ3v) is 30.2. The van der Waals surface area contributed by atoms with Crippen molar-refractivity contribution < 1.29 is 28.0 Å². The maximum Gasteiger partial charge on any atom is 0.252 e. The van der Waals surface area contributed by atoms with Crippen molar-refractivity contribution in [1.29, 1.82) is 0 Å². The molecule has 0 fully saturated rings. The van der Waals surface area contributed by atoms with Gasteiger partial charge in [-0.05, 0) is 243 Å². The summed E-state index contributed by atoms with van der Waals surface area (Å²) in [7, 11) is 0. The molecule has 23 aromatic carbocycles. The summed E-state index contributed by atoms with van der Waals surface area (Å²) in [5, 5.41) is 3.04. The number of para-hydroxylation sites is 4. The van der Waals surface area contributed by atoms with E-state index in [9.17, 15) is 19.2 Å². The van der Waals surface area contributed by atoms with Gasteiger partial charge < -0.3 is 27.8 Å². The summed E-state index contributed by atoms with van der Waals surface area (Å²) in [6.07, 6.45) is 0. The van der Waals surface area contributed by atoms with Gasteiger partial charge in [0.15, 0.2) is 0 Å². The Balaban J connectivity index is 0.796. The summed E-state index contributed by atoms with van der Waals surface area (Å²) in [5.74, 6) is 0. The Morgan fingerprint density at radius 3 is 1.04 bits per heavy atom. The third kappa shape index (κ3) is 12.7. The van der Waals surface area contributed by atoms with E-state index < -0.39 is 60.5 Å². The average Bonchev–Trinajstić information content (AvgIpc) is 0.871.